The number of carboxylic acids is 1. The van der Waals surface area contributed by atoms with Crippen LogP contribution in [0.4, 0.5) is 0 Å². The van der Waals surface area contributed by atoms with Gasteiger partial charge in [0.2, 0.25) is 0 Å². The Morgan fingerprint density at radius 2 is 1.94 bits per heavy atom. The Hall–Kier alpha value is -0.570. The van der Waals surface area contributed by atoms with E-state index in [2.05, 4.69) is 19.2 Å². The van der Waals surface area contributed by atoms with Crippen molar-refractivity contribution in [3.63, 3.8) is 0 Å². The molecule has 17 heavy (non-hydrogen) atoms. The van der Waals surface area contributed by atoms with Crippen molar-refractivity contribution in [3.05, 3.63) is 0 Å². The third-order valence-corrected chi connectivity index (χ3v) is 3.71. The molecule has 0 amide bonds. The van der Waals surface area contributed by atoms with Crippen LogP contribution in [0.15, 0.2) is 0 Å². The summed E-state index contributed by atoms with van der Waals surface area (Å²) in [6.45, 7) is 5.52. The summed E-state index contributed by atoms with van der Waals surface area (Å²) in [5, 5.41) is 12.3. The minimum absolute atomic E-state index is 0.129. The highest BCUT2D eigenvalue weighted by Gasteiger charge is 2.35. The molecule has 1 fully saturated rings. The molecular formula is C14H27NO2. The van der Waals surface area contributed by atoms with Crippen LogP contribution in [0.1, 0.15) is 58.8 Å². The molecule has 0 aromatic rings. The number of rotatable bonds is 9. The van der Waals surface area contributed by atoms with Crippen LogP contribution in [0.25, 0.3) is 0 Å². The van der Waals surface area contributed by atoms with Crippen molar-refractivity contribution in [2.45, 2.75) is 64.8 Å². The van der Waals surface area contributed by atoms with E-state index in [1.165, 1.54) is 32.1 Å². The number of nitrogens with one attached hydrogen (secondary N) is 1. The van der Waals surface area contributed by atoms with E-state index in [-0.39, 0.29) is 12.0 Å². The van der Waals surface area contributed by atoms with Crippen molar-refractivity contribution >= 4 is 5.97 Å². The van der Waals surface area contributed by atoms with Crippen molar-refractivity contribution < 1.29 is 9.90 Å². The minimum atomic E-state index is -0.634. The number of carbonyl (C=O) groups is 1. The van der Waals surface area contributed by atoms with Crippen LogP contribution in [0, 0.1) is 11.8 Å². The average molecular weight is 241 g/mol. The third-order valence-electron chi connectivity index (χ3n) is 3.71. The van der Waals surface area contributed by atoms with Crippen molar-refractivity contribution in [1.29, 1.82) is 0 Å². The lowest BCUT2D eigenvalue weighted by molar-refractivity contribution is -0.146. The first-order valence-electron chi connectivity index (χ1n) is 7.07. The summed E-state index contributed by atoms with van der Waals surface area (Å²) in [6, 6.07) is 0.239. The maximum atomic E-state index is 10.8. The van der Waals surface area contributed by atoms with Crippen molar-refractivity contribution in [2.24, 2.45) is 11.8 Å². The SMILES string of the molecule is CC(C)CCCCCCNC1CCC1C(=O)O. The predicted octanol–water partition coefficient (Wildman–Crippen LogP) is 3.05. The van der Waals surface area contributed by atoms with Crippen molar-refractivity contribution in [3.8, 4) is 0 Å². The molecule has 0 heterocycles. The number of unbranched alkanes of at least 4 members (excludes halogenated alkanes) is 3. The summed E-state index contributed by atoms with van der Waals surface area (Å²) in [5.41, 5.74) is 0. The number of carboxylic acid groups (broad SMARTS) is 1. The molecule has 2 N–H and O–H groups in total. The van der Waals surface area contributed by atoms with E-state index in [0.29, 0.717) is 0 Å². The topological polar surface area (TPSA) is 49.3 Å². The zero-order chi connectivity index (χ0) is 12.7. The van der Waals surface area contributed by atoms with Gasteiger partial charge in [-0.05, 0) is 31.7 Å². The first kappa shape index (κ1) is 14.5. The number of hydrogen-bond acceptors (Lipinski definition) is 2. The Kier molecular flexibility index (Phi) is 6.56. The lowest BCUT2D eigenvalue weighted by Crippen LogP contribution is -2.47. The van der Waals surface area contributed by atoms with Crippen LogP contribution in [-0.2, 0) is 4.79 Å². The van der Waals surface area contributed by atoms with Gasteiger partial charge < -0.3 is 10.4 Å². The summed E-state index contributed by atoms with van der Waals surface area (Å²) in [5.74, 6) is 0.0565. The van der Waals surface area contributed by atoms with Gasteiger partial charge in [0.05, 0.1) is 5.92 Å². The molecule has 100 valence electrons. The minimum Gasteiger partial charge on any atom is -0.481 e. The Balaban J connectivity index is 1.89. The summed E-state index contributed by atoms with van der Waals surface area (Å²) in [6.07, 6.45) is 8.31. The highest BCUT2D eigenvalue weighted by atomic mass is 16.4. The molecule has 1 saturated carbocycles. The van der Waals surface area contributed by atoms with Crippen LogP contribution in [0.2, 0.25) is 0 Å². The highest BCUT2D eigenvalue weighted by molar-refractivity contribution is 5.72. The van der Waals surface area contributed by atoms with Gasteiger partial charge in [0.25, 0.3) is 0 Å². The maximum absolute atomic E-state index is 10.8. The van der Waals surface area contributed by atoms with E-state index in [0.717, 1.165) is 25.3 Å². The molecular weight excluding hydrogens is 214 g/mol. The van der Waals surface area contributed by atoms with E-state index >= 15 is 0 Å². The predicted molar refractivity (Wildman–Crippen MR) is 70.1 cm³/mol. The molecule has 2 unspecified atom stereocenters. The van der Waals surface area contributed by atoms with Gasteiger partial charge >= 0.3 is 5.97 Å². The summed E-state index contributed by atoms with van der Waals surface area (Å²) in [4.78, 5) is 10.8. The molecule has 0 saturated heterocycles. The molecule has 0 spiro atoms. The average Bonchev–Trinajstić information content (AvgIpc) is 2.18. The van der Waals surface area contributed by atoms with Gasteiger partial charge in [0, 0.05) is 6.04 Å². The Bertz CT molecular complexity index is 228. The summed E-state index contributed by atoms with van der Waals surface area (Å²) >= 11 is 0. The lowest BCUT2D eigenvalue weighted by atomic mass is 9.79. The molecule has 1 rings (SSSR count). The van der Waals surface area contributed by atoms with Crippen LogP contribution >= 0.6 is 0 Å². The fourth-order valence-corrected chi connectivity index (χ4v) is 2.36. The standard InChI is InChI=1S/C14H27NO2/c1-11(2)7-5-3-4-6-10-15-13-9-8-12(13)14(16)17/h11-13,15H,3-10H2,1-2H3,(H,16,17). The molecule has 3 heteroatoms. The molecule has 0 radical (unpaired) electrons. The van der Waals surface area contributed by atoms with Gasteiger partial charge in [-0.15, -0.1) is 0 Å². The molecule has 3 nitrogen and oxygen atoms in total. The van der Waals surface area contributed by atoms with Crippen molar-refractivity contribution in [2.75, 3.05) is 6.54 Å². The maximum Gasteiger partial charge on any atom is 0.308 e. The molecule has 1 aliphatic carbocycles. The van der Waals surface area contributed by atoms with E-state index in [4.69, 9.17) is 5.11 Å². The Labute approximate surface area is 105 Å². The van der Waals surface area contributed by atoms with E-state index < -0.39 is 5.97 Å². The smallest absolute Gasteiger partial charge is 0.308 e. The van der Waals surface area contributed by atoms with E-state index in [1.807, 2.05) is 0 Å². The largest absolute Gasteiger partial charge is 0.481 e. The highest BCUT2D eigenvalue weighted by Crippen LogP contribution is 2.27. The molecule has 0 aliphatic heterocycles. The van der Waals surface area contributed by atoms with E-state index in [9.17, 15) is 4.79 Å². The second-order valence-electron chi connectivity index (χ2n) is 5.68. The lowest BCUT2D eigenvalue weighted by Gasteiger charge is -2.34. The van der Waals surface area contributed by atoms with Crippen LogP contribution in [0.3, 0.4) is 0 Å². The van der Waals surface area contributed by atoms with Gasteiger partial charge in [-0.1, -0.05) is 39.5 Å². The van der Waals surface area contributed by atoms with Crippen molar-refractivity contribution in [1.82, 2.24) is 5.32 Å². The Morgan fingerprint density at radius 3 is 2.47 bits per heavy atom. The molecule has 0 bridgehead atoms. The van der Waals surface area contributed by atoms with Gasteiger partial charge in [-0.3, -0.25) is 4.79 Å². The second-order valence-corrected chi connectivity index (χ2v) is 5.68. The van der Waals surface area contributed by atoms with Gasteiger partial charge in [-0.2, -0.15) is 0 Å². The van der Waals surface area contributed by atoms with Crippen LogP contribution < -0.4 is 5.32 Å². The quantitative estimate of drug-likeness (QED) is 0.610. The fraction of sp³-hybridized carbons (Fsp3) is 0.929. The Morgan fingerprint density at radius 1 is 1.24 bits per heavy atom. The summed E-state index contributed by atoms with van der Waals surface area (Å²) in [7, 11) is 0. The summed E-state index contributed by atoms with van der Waals surface area (Å²) < 4.78 is 0. The van der Waals surface area contributed by atoms with Crippen LogP contribution in [0.5, 0.6) is 0 Å². The van der Waals surface area contributed by atoms with Gasteiger partial charge in [0.15, 0.2) is 0 Å². The molecule has 1 aliphatic rings. The third kappa shape index (κ3) is 5.53. The van der Waals surface area contributed by atoms with Crippen LogP contribution in [-0.4, -0.2) is 23.7 Å². The molecule has 2 atom stereocenters. The monoisotopic (exact) mass is 241 g/mol. The first-order chi connectivity index (χ1) is 8.11. The van der Waals surface area contributed by atoms with Gasteiger partial charge in [-0.25, -0.2) is 0 Å². The second kappa shape index (κ2) is 7.70. The van der Waals surface area contributed by atoms with Gasteiger partial charge in [0.1, 0.15) is 0 Å². The zero-order valence-corrected chi connectivity index (χ0v) is 11.2. The number of hydrogen-bond donors (Lipinski definition) is 2. The zero-order valence-electron chi connectivity index (χ0n) is 11.2. The first-order valence-corrected chi connectivity index (χ1v) is 7.07. The molecule has 0 aromatic heterocycles. The normalized spacial score (nSPS) is 23.7. The fourth-order valence-electron chi connectivity index (χ4n) is 2.36. The van der Waals surface area contributed by atoms with E-state index in [1.54, 1.807) is 0 Å². The number of aliphatic carboxylic acids is 1. The molecule has 0 aromatic carbocycles.